The van der Waals surface area contributed by atoms with Crippen LogP contribution in [0.5, 0.6) is 0 Å². The molecule has 0 amide bonds. The van der Waals surface area contributed by atoms with E-state index in [9.17, 15) is 18.1 Å². The first-order chi connectivity index (χ1) is 10.9. The Bertz CT molecular complexity index is 360. The summed E-state index contributed by atoms with van der Waals surface area (Å²) >= 11 is 0. The van der Waals surface area contributed by atoms with Crippen LogP contribution in [0.15, 0.2) is 0 Å². The molecule has 0 heterocycles. The van der Waals surface area contributed by atoms with E-state index in [0.717, 1.165) is 38.5 Å². The van der Waals surface area contributed by atoms with E-state index in [1.165, 1.54) is 32.1 Å². The van der Waals surface area contributed by atoms with Crippen molar-refractivity contribution in [2.75, 3.05) is 0 Å². The zero-order valence-corrected chi connectivity index (χ0v) is 19.0. The van der Waals surface area contributed by atoms with Gasteiger partial charge in [0.25, 0.3) is 0 Å². The molecule has 0 rings (SSSR count). The molecular weight excluding hydrogens is 335 g/mol. The van der Waals surface area contributed by atoms with Crippen LogP contribution < -0.4 is 29.6 Å². The van der Waals surface area contributed by atoms with E-state index in [1.807, 2.05) is 0 Å². The van der Waals surface area contributed by atoms with E-state index >= 15 is 0 Å². The molecule has 2 atom stereocenters. The quantitative estimate of drug-likeness (QED) is 0.254. The van der Waals surface area contributed by atoms with Gasteiger partial charge in [-0.25, -0.2) is 8.42 Å². The van der Waals surface area contributed by atoms with Crippen LogP contribution in [0.4, 0.5) is 0 Å². The van der Waals surface area contributed by atoms with E-state index in [0.29, 0.717) is 12.8 Å². The Morgan fingerprint density at radius 3 is 1.67 bits per heavy atom. The Balaban J connectivity index is 0. The van der Waals surface area contributed by atoms with Gasteiger partial charge in [0.15, 0.2) is 0 Å². The van der Waals surface area contributed by atoms with Crippen LogP contribution in [0, 0.1) is 0 Å². The van der Waals surface area contributed by atoms with Crippen LogP contribution in [0.3, 0.4) is 0 Å². The molecule has 0 spiro atoms. The van der Waals surface area contributed by atoms with E-state index in [1.54, 1.807) is 0 Å². The maximum atomic E-state index is 11.4. The van der Waals surface area contributed by atoms with Crippen LogP contribution in [0.25, 0.3) is 0 Å². The van der Waals surface area contributed by atoms with Crippen LogP contribution in [0.1, 0.15) is 104 Å². The number of aliphatic hydroxyl groups excluding tert-OH is 1. The molecule has 0 aliphatic carbocycles. The Morgan fingerprint density at radius 2 is 1.21 bits per heavy atom. The third kappa shape index (κ3) is 16.3. The molecule has 1 N–H and O–H groups in total. The van der Waals surface area contributed by atoms with Crippen LogP contribution in [-0.2, 0) is 10.1 Å². The SMILES string of the molecule is CCCCCCCCC(CC(O)CCCCCCC)S(=O)(=O)[O-].[Na+]. The van der Waals surface area contributed by atoms with Crippen molar-refractivity contribution in [2.45, 2.75) is 115 Å². The first-order valence-electron chi connectivity index (χ1n) is 9.54. The summed E-state index contributed by atoms with van der Waals surface area (Å²) in [5.74, 6) is 0. The predicted molar refractivity (Wildman–Crippen MR) is 95.5 cm³/mol. The molecule has 0 saturated carbocycles. The van der Waals surface area contributed by atoms with Gasteiger partial charge >= 0.3 is 29.6 Å². The van der Waals surface area contributed by atoms with Crippen molar-refractivity contribution in [3.05, 3.63) is 0 Å². The Kier molecular flexibility index (Phi) is 19.5. The molecule has 0 radical (unpaired) electrons. The van der Waals surface area contributed by atoms with Gasteiger partial charge in [-0.15, -0.1) is 0 Å². The topological polar surface area (TPSA) is 77.4 Å². The van der Waals surface area contributed by atoms with Gasteiger partial charge in [0.05, 0.1) is 21.5 Å². The van der Waals surface area contributed by atoms with Crippen molar-refractivity contribution < 1.29 is 47.6 Å². The standard InChI is InChI=1S/C18H38O4S.Na/c1-3-5-7-9-11-13-15-18(23(20,21)22)16-17(19)14-12-10-8-6-4-2;/h17-19H,3-16H2,1-2H3,(H,20,21,22);/q;+1/p-1. The number of rotatable bonds is 16. The number of hydrogen-bond donors (Lipinski definition) is 1. The monoisotopic (exact) mass is 372 g/mol. The van der Waals surface area contributed by atoms with Crippen molar-refractivity contribution in [1.29, 1.82) is 0 Å². The fraction of sp³-hybridized carbons (Fsp3) is 1.00. The Hall–Kier alpha value is 0.870. The molecule has 140 valence electrons. The zero-order chi connectivity index (χ0) is 17.6. The van der Waals surface area contributed by atoms with Gasteiger partial charge < -0.3 is 9.66 Å². The van der Waals surface area contributed by atoms with Gasteiger partial charge in [0.2, 0.25) is 0 Å². The Labute approximate surface area is 172 Å². The van der Waals surface area contributed by atoms with Gasteiger partial charge in [-0.3, -0.25) is 0 Å². The van der Waals surface area contributed by atoms with Crippen LogP contribution >= 0.6 is 0 Å². The Morgan fingerprint density at radius 1 is 0.792 bits per heavy atom. The average molecular weight is 373 g/mol. The molecule has 0 fully saturated rings. The summed E-state index contributed by atoms with van der Waals surface area (Å²) in [6.07, 6.45) is 12.3. The van der Waals surface area contributed by atoms with Crippen molar-refractivity contribution >= 4 is 10.1 Å². The molecule has 0 aromatic rings. The molecule has 0 aromatic heterocycles. The van der Waals surface area contributed by atoms with Crippen molar-refractivity contribution in [2.24, 2.45) is 0 Å². The first-order valence-corrected chi connectivity index (χ1v) is 11.0. The normalized spacial score (nSPS) is 14.2. The van der Waals surface area contributed by atoms with Crippen LogP contribution in [-0.4, -0.2) is 29.4 Å². The van der Waals surface area contributed by atoms with Gasteiger partial charge in [-0.05, 0) is 19.3 Å². The summed E-state index contributed by atoms with van der Waals surface area (Å²) in [5, 5.41) is 9.09. The molecule has 24 heavy (non-hydrogen) atoms. The molecule has 2 unspecified atom stereocenters. The molecule has 0 aromatic carbocycles. The maximum absolute atomic E-state index is 11.4. The molecular formula is C18H37NaO4S. The average Bonchev–Trinajstić information content (AvgIpc) is 2.48. The summed E-state index contributed by atoms with van der Waals surface area (Å²) < 4.78 is 34.1. The summed E-state index contributed by atoms with van der Waals surface area (Å²) in [4.78, 5) is 0. The van der Waals surface area contributed by atoms with E-state index in [2.05, 4.69) is 13.8 Å². The second kappa shape index (κ2) is 17.3. The minimum Gasteiger partial charge on any atom is -0.748 e. The molecule has 0 aliphatic heterocycles. The number of unbranched alkanes of at least 4 members (excludes halogenated alkanes) is 9. The van der Waals surface area contributed by atoms with Gasteiger partial charge in [0, 0.05) is 0 Å². The third-order valence-electron chi connectivity index (χ3n) is 4.46. The van der Waals surface area contributed by atoms with E-state index in [-0.39, 0.29) is 36.0 Å². The maximum Gasteiger partial charge on any atom is 1.00 e. The summed E-state index contributed by atoms with van der Waals surface area (Å²) in [6, 6.07) is 0. The second-order valence-corrected chi connectivity index (χ2v) is 8.42. The number of aliphatic hydroxyl groups is 1. The predicted octanol–water partition coefficient (Wildman–Crippen LogP) is 1.77. The summed E-state index contributed by atoms with van der Waals surface area (Å²) in [6.45, 7) is 4.31. The molecule has 0 saturated heterocycles. The first kappa shape index (κ1) is 27.1. The molecule has 6 heteroatoms. The van der Waals surface area contributed by atoms with Gasteiger partial charge in [-0.1, -0.05) is 84.5 Å². The van der Waals surface area contributed by atoms with E-state index < -0.39 is 21.5 Å². The van der Waals surface area contributed by atoms with Crippen LogP contribution in [0.2, 0.25) is 0 Å². The molecule has 0 bridgehead atoms. The smallest absolute Gasteiger partial charge is 0.748 e. The largest absolute Gasteiger partial charge is 1.00 e. The van der Waals surface area contributed by atoms with E-state index in [4.69, 9.17) is 0 Å². The fourth-order valence-corrected chi connectivity index (χ4v) is 3.85. The minimum absolute atomic E-state index is 0. The second-order valence-electron chi connectivity index (χ2n) is 6.76. The number of hydrogen-bond acceptors (Lipinski definition) is 4. The van der Waals surface area contributed by atoms with Crippen molar-refractivity contribution in [3.63, 3.8) is 0 Å². The fourth-order valence-electron chi connectivity index (χ4n) is 2.94. The molecule has 0 aliphatic rings. The summed E-state index contributed by atoms with van der Waals surface area (Å²) in [7, 11) is -4.31. The minimum atomic E-state index is -4.31. The van der Waals surface area contributed by atoms with Gasteiger partial charge in [0.1, 0.15) is 0 Å². The van der Waals surface area contributed by atoms with Crippen molar-refractivity contribution in [1.82, 2.24) is 0 Å². The zero-order valence-electron chi connectivity index (χ0n) is 16.1. The third-order valence-corrected chi connectivity index (χ3v) is 5.71. The summed E-state index contributed by atoms with van der Waals surface area (Å²) in [5.41, 5.74) is 0. The van der Waals surface area contributed by atoms with Gasteiger partial charge in [-0.2, -0.15) is 0 Å². The molecule has 4 nitrogen and oxygen atoms in total. The van der Waals surface area contributed by atoms with Crippen molar-refractivity contribution in [3.8, 4) is 0 Å².